The number of hydrogen-bond acceptors (Lipinski definition) is 15. The van der Waals surface area contributed by atoms with Gasteiger partial charge in [0.15, 0.2) is 0 Å². The number of aliphatic hydroxyl groups excluding tert-OH is 2. The van der Waals surface area contributed by atoms with Gasteiger partial charge in [-0.3, -0.25) is 57.5 Å². The summed E-state index contributed by atoms with van der Waals surface area (Å²) in [6, 6.07) is -11.7. The maximum atomic E-state index is 15.6. The first-order valence-electron chi connectivity index (χ1n) is 37.7. The summed E-state index contributed by atoms with van der Waals surface area (Å²) >= 11 is 0. The topological polar surface area (TPSA) is 351 Å². The van der Waals surface area contributed by atoms with Crippen molar-refractivity contribution < 1.29 is 72.5 Å². The van der Waals surface area contributed by atoms with Crippen molar-refractivity contribution in [3.8, 4) is 0 Å². The fraction of sp³-hybridized carbons (Fsp3) is 0.696. The lowest BCUT2D eigenvalue weighted by molar-refractivity contribution is -0.151. The highest BCUT2D eigenvalue weighted by Gasteiger charge is 2.43. The van der Waals surface area contributed by atoms with Crippen LogP contribution in [-0.2, 0) is 62.3 Å². The summed E-state index contributed by atoms with van der Waals surface area (Å²) in [7, 11) is 7.04. The van der Waals surface area contributed by atoms with Gasteiger partial charge in [0.2, 0.25) is 70.9 Å². The second kappa shape index (κ2) is 48.3. The number of primary amides is 1. The van der Waals surface area contributed by atoms with Gasteiger partial charge in [0.25, 0.3) is 0 Å². The molecule has 12 amide bonds. The van der Waals surface area contributed by atoms with Gasteiger partial charge in [0.05, 0.1) is 45.3 Å². The molecule has 0 aromatic carbocycles. The maximum Gasteiger partial charge on any atom is 0.247 e. The third-order valence-electron chi connectivity index (χ3n) is 18.6. The van der Waals surface area contributed by atoms with Crippen molar-refractivity contribution in [2.24, 2.45) is 40.7 Å². The number of nitrogens with one attached hydrogen (secondary N) is 4. The molecule has 0 bridgehead atoms. The molecule has 0 radical (unpaired) electrons. The van der Waals surface area contributed by atoms with E-state index in [9.17, 15) is 53.4 Å². The van der Waals surface area contributed by atoms with E-state index in [1.165, 1.54) is 78.8 Å². The molecule has 27 nitrogen and oxygen atoms in total. The minimum absolute atomic E-state index is 0.00112. The molecule has 1 rings (SSSR count). The smallest absolute Gasteiger partial charge is 0.247 e. The number of unbranched alkanes of at least 4 members (excludes halogenated alkanes) is 1. The van der Waals surface area contributed by atoms with E-state index >= 15 is 14.4 Å². The summed E-state index contributed by atoms with van der Waals surface area (Å²) in [6.07, 6.45) is 14.7. The predicted octanol–water partition coefficient (Wildman–Crippen LogP) is 5.60. The number of nitrogens with zero attached hydrogens (tertiary/aromatic N) is 7. The SMILES string of the molecule is C=C/C=C\C=C\C[C@@H](C(=O)NC(CC(C)C)C(=O)N(C)[C@@H](CC(C)C)C(N)=O)N(C)C(=O)C(NC(=O)CC(NC(=O)[C@H](CC(C)C)N(C)C(=O)[C@H](C/C(C=C)=C/C=C)N(C)C(=O)[C@H](COCC(C)(C)CO)NC(=O)[C@H](CC(C)C)N(C)C(=O)CN(CCCC)C(=O)C[C@@H](C)O)C(=O)N1CCCCC1)C(C)C. The fourth-order valence-electron chi connectivity index (χ4n) is 12.2. The monoisotopic (exact) mass is 1490 g/mol. The lowest BCUT2D eigenvalue weighted by atomic mass is 9.96. The number of hydrogen-bond donors (Lipinski definition) is 7. The molecule has 8 N–H and O–H groups in total. The van der Waals surface area contributed by atoms with Gasteiger partial charge in [-0.15, -0.1) is 0 Å². The quantitative estimate of drug-likeness (QED) is 0.0365. The number of amides is 12. The summed E-state index contributed by atoms with van der Waals surface area (Å²) in [5.74, 6) is -9.40. The maximum absolute atomic E-state index is 15.6. The normalized spacial score (nSPS) is 15.7. The number of carbonyl (C=O) groups excluding carboxylic acids is 12. The molecule has 0 aliphatic carbocycles. The zero-order chi connectivity index (χ0) is 81.0. The Bertz CT molecular complexity index is 3010. The number of ether oxygens (including phenoxy) is 1. The van der Waals surface area contributed by atoms with Crippen LogP contribution in [0.2, 0.25) is 0 Å². The van der Waals surface area contributed by atoms with E-state index in [1.54, 1.807) is 69.1 Å². The van der Waals surface area contributed by atoms with Crippen molar-refractivity contribution in [2.75, 3.05) is 81.2 Å². The molecule has 0 spiro atoms. The molecule has 0 aromatic rings. The van der Waals surface area contributed by atoms with E-state index in [-0.39, 0.29) is 94.9 Å². The summed E-state index contributed by atoms with van der Waals surface area (Å²) < 4.78 is 6.08. The van der Waals surface area contributed by atoms with Crippen molar-refractivity contribution >= 4 is 70.9 Å². The van der Waals surface area contributed by atoms with E-state index < -0.39 is 156 Å². The molecule has 3 unspecified atom stereocenters. The highest BCUT2D eigenvalue weighted by Crippen LogP contribution is 2.24. The van der Waals surface area contributed by atoms with Crippen LogP contribution >= 0.6 is 0 Å². The van der Waals surface area contributed by atoms with Crippen LogP contribution in [0.1, 0.15) is 180 Å². The minimum Gasteiger partial charge on any atom is -0.396 e. The van der Waals surface area contributed by atoms with Gasteiger partial charge in [-0.1, -0.05) is 165 Å². The highest BCUT2D eigenvalue weighted by atomic mass is 16.5. The Labute approximate surface area is 633 Å². The molecule has 106 heavy (non-hydrogen) atoms. The molecule has 1 aliphatic rings. The van der Waals surface area contributed by atoms with Crippen LogP contribution in [0.3, 0.4) is 0 Å². The van der Waals surface area contributed by atoms with Crippen LogP contribution in [0.5, 0.6) is 0 Å². The molecule has 27 heteroatoms. The first-order valence-corrected chi connectivity index (χ1v) is 37.7. The van der Waals surface area contributed by atoms with Crippen molar-refractivity contribution in [1.82, 2.24) is 55.6 Å². The minimum atomic E-state index is -1.55. The number of likely N-dealkylation sites (N-methyl/N-ethyl adjacent to an activating group) is 5. The standard InChI is InChI=1S/C79H134N12O15/c1-23-27-29-30-32-36-61(71(98)81-58(40-51(5)6)74(101)87(20)62(70(80)97)41-52(7)8)86(19)78(105)69(55(13)14)84-66(94)46-59(76(103)90-38-33-31-34-39-90)82-73(100)64(43-54(11)12)88(21)77(104)65(45-57(26-4)35-25-3)89(22)75(102)60(48-106-50-79(16,17)49-92)83-72(99)63(42-53(9)10)85(18)68(96)47-91(37-28-24-2)67(95)44-56(15)93/h23,25-27,29-30,32,35,51-56,58-65,69,92-93H,1,3-4,24,28,31,33-34,36-50H2,2,5-22H3,(H2,80,97)(H,81,98)(H,82,100)(H,83,99)(H,84,94)/b29-27-,32-30+,57-35+/t56-,58?,59?,60+,61+,62+,63+,64+,65+,69?/m1/s1. The van der Waals surface area contributed by atoms with Crippen LogP contribution in [0.4, 0.5) is 0 Å². The Morgan fingerprint density at radius 2 is 1.07 bits per heavy atom. The average molecular weight is 1490 g/mol. The molecule has 1 saturated heterocycles. The Hall–Kier alpha value is -8.04. The van der Waals surface area contributed by atoms with Gasteiger partial charge in [-0.2, -0.15) is 0 Å². The number of likely N-dealkylation sites (tertiary alicyclic amines) is 1. The Kier molecular flexibility index (Phi) is 43.7. The van der Waals surface area contributed by atoms with E-state index in [0.29, 0.717) is 44.3 Å². The Morgan fingerprint density at radius 1 is 0.566 bits per heavy atom. The number of rotatable bonds is 49. The second-order valence-corrected chi connectivity index (χ2v) is 31.1. The van der Waals surface area contributed by atoms with Gasteiger partial charge in [0, 0.05) is 66.7 Å². The number of piperidine rings is 1. The van der Waals surface area contributed by atoms with Crippen LogP contribution in [0, 0.1) is 35.0 Å². The molecule has 10 atom stereocenters. The van der Waals surface area contributed by atoms with Gasteiger partial charge >= 0.3 is 0 Å². The van der Waals surface area contributed by atoms with Crippen molar-refractivity contribution in [2.45, 2.75) is 241 Å². The highest BCUT2D eigenvalue weighted by molar-refractivity contribution is 5.99. The fourth-order valence-corrected chi connectivity index (χ4v) is 12.2. The summed E-state index contributed by atoms with van der Waals surface area (Å²) in [4.78, 5) is 184. The summed E-state index contributed by atoms with van der Waals surface area (Å²) in [5.41, 5.74) is 5.43. The van der Waals surface area contributed by atoms with Gasteiger partial charge in [0.1, 0.15) is 54.4 Å². The van der Waals surface area contributed by atoms with E-state index in [4.69, 9.17) is 10.5 Å². The average Bonchev–Trinajstić information content (AvgIpc) is 0.818. The third kappa shape index (κ3) is 33.0. The van der Waals surface area contributed by atoms with E-state index in [1.807, 2.05) is 62.3 Å². The second-order valence-electron chi connectivity index (χ2n) is 31.1. The van der Waals surface area contributed by atoms with Crippen molar-refractivity contribution in [3.63, 3.8) is 0 Å². The van der Waals surface area contributed by atoms with Crippen LogP contribution in [-0.4, -0.2) is 257 Å². The van der Waals surface area contributed by atoms with E-state index in [2.05, 4.69) is 41.0 Å². The van der Waals surface area contributed by atoms with Gasteiger partial charge in [-0.25, -0.2) is 0 Å². The lowest BCUT2D eigenvalue weighted by Gasteiger charge is -2.38. The molecule has 1 aliphatic heterocycles. The zero-order valence-corrected chi connectivity index (χ0v) is 67.5. The first-order chi connectivity index (χ1) is 49.6. The molecule has 0 saturated carbocycles. The number of allylic oxidation sites excluding steroid dienone is 7. The largest absolute Gasteiger partial charge is 0.396 e. The van der Waals surface area contributed by atoms with Crippen molar-refractivity contribution in [3.05, 3.63) is 73.9 Å². The molecule has 1 heterocycles. The zero-order valence-electron chi connectivity index (χ0n) is 67.5. The summed E-state index contributed by atoms with van der Waals surface area (Å²) in [6.45, 7) is 36.2. The van der Waals surface area contributed by atoms with Gasteiger partial charge < -0.3 is 76.3 Å². The van der Waals surface area contributed by atoms with E-state index in [0.717, 1.165) is 11.3 Å². The Balaban J connectivity index is 4.08. The molecule has 1 fully saturated rings. The molecular weight excluding hydrogens is 1360 g/mol. The molecular formula is C79H134N12O15. The lowest BCUT2D eigenvalue weighted by Crippen LogP contribution is -2.61. The van der Waals surface area contributed by atoms with Crippen LogP contribution in [0.15, 0.2) is 73.9 Å². The molecule has 0 aromatic heterocycles. The van der Waals surface area contributed by atoms with Crippen LogP contribution in [0.25, 0.3) is 0 Å². The van der Waals surface area contributed by atoms with Gasteiger partial charge in [-0.05, 0) is 99.9 Å². The number of nitrogens with two attached hydrogens (primary N) is 1. The molecule has 600 valence electrons. The first kappa shape index (κ1) is 96.0. The predicted molar refractivity (Wildman–Crippen MR) is 413 cm³/mol. The van der Waals surface area contributed by atoms with Crippen LogP contribution < -0.4 is 27.0 Å². The van der Waals surface area contributed by atoms with Crippen molar-refractivity contribution in [1.29, 1.82) is 0 Å². The Morgan fingerprint density at radius 3 is 1.57 bits per heavy atom. The third-order valence-corrected chi connectivity index (χ3v) is 18.6. The number of aliphatic hydroxyl groups is 2. The number of carbonyl (C=O) groups is 12. The summed E-state index contributed by atoms with van der Waals surface area (Å²) in [5, 5.41) is 31.5.